The monoisotopic (exact) mass is 373 g/mol. The molecule has 0 saturated carbocycles. The number of benzene rings is 2. The van der Waals surface area contributed by atoms with E-state index < -0.39 is 0 Å². The van der Waals surface area contributed by atoms with E-state index in [0.29, 0.717) is 6.42 Å². The zero-order chi connectivity index (χ0) is 20.3. The lowest BCUT2D eigenvalue weighted by molar-refractivity contribution is -0.120. The fourth-order valence-corrected chi connectivity index (χ4v) is 3.51. The molecule has 4 heteroatoms. The molecule has 0 fully saturated rings. The van der Waals surface area contributed by atoms with Gasteiger partial charge < -0.3 is 4.57 Å². The van der Waals surface area contributed by atoms with E-state index in [1.165, 1.54) is 11.1 Å². The van der Waals surface area contributed by atoms with Gasteiger partial charge in [-0.25, -0.2) is 5.43 Å². The molecule has 0 unspecified atom stereocenters. The quantitative estimate of drug-likeness (QED) is 0.511. The molecule has 1 aromatic heterocycles. The molecule has 0 atom stereocenters. The number of rotatable bonds is 5. The number of aryl methyl sites for hydroxylation is 4. The molecule has 0 spiro atoms. The smallest absolute Gasteiger partial charge is 0.244 e. The number of carbonyl (C=O) groups excluding carboxylic acids is 1. The maximum absolute atomic E-state index is 12.2. The van der Waals surface area contributed by atoms with Crippen LogP contribution in [0.2, 0.25) is 0 Å². The Labute approximate surface area is 166 Å². The molecule has 2 aromatic carbocycles. The molecular weight excluding hydrogens is 346 g/mol. The summed E-state index contributed by atoms with van der Waals surface area (Å²) in [4.78, 5) is 12.2. The van der Waals surface area contributed by atoms with Crippen molar-refractivity contribution in [2.24, 2.45) is 5.10 Å². The fraction of sp³-hybridized carbons (Fsp3) is 0.250. The first-order valence-electron chi connectivity index (χ1n) is 9.49. The molecule has 0 aliphatic rings. The van der Waals surface area contributed by atoms with Crippen LogP contribution in [0.5, 0.6) is 0 Å². The van der Waals surface area contributed by atoms with Gasteiger partial charge in [0.05, 0.1) is 12.6 Å². The Kier molecular flexibility index (Phi) is 5.78. The van der Waals surface area contributed by atoms with Crippen molar-refractivity contribution in [1.82, 2.24) is 9.99 Å². The van der Waals surface area contributed by atoms with Crippen LogP contribution in [0.3, 0.4) is 0 Å². The molecule has 28 heavy (non-hydrogen) atoms. The summed E-state index contributed by atoms with van der Waals surface area (Å²) in [5.74, 6) is -0.115. The molecule has 4 nitrogen and oxygen atoms in total. The SMILES string of the molecule is Cc1cccc(-n2c(C)cc(/C=N/NC(=O)Cc3ccc(C)cc3C)c2C)c1. The number of hydrogen-bond donors (Lipinski definition) is 1. The van der Waals surface area contributed by atoms with Crippen LogP contribution in [0.15, 0.2) is 53.6 Å². The standard InChI is InChI=1S/C24H27N3O/c1-16-7-6-8-23(12-16)27-19(4)13-22(20(27)5)15-25-26-24(28)14-21-10-9-17(2)11-18(21)3/h6-13,15H,14H2,1-5H3,(H,26,28)/b25-15+. The van der Waals surface area contributed by atoms with Gasteiger partial charge in [-0.3, -0.25) is 4.79 Å². The van der Waals surface area contributed by atoms with Crippen molar-refractivity contribution in [3.05, 3.63) is 87.7 Å². The van der Waals surface area contributed by atoms with Gasteiger partial charge in [0.2, 0.25) is 5.91 Å². The lowest BCUT2D eigenvalue weighted by atomic mass is 10.0. The average Bonchev–Trinajstić information content (AvgIpc) is 2.91. The van der Waals surface area contributed by atoms with Gasteiger partial charge in [0, 0.05) is 22.6 Å². The van der Waals surface area contributed by atoms with Crippen LogP contribution >= 0.6 is 0 Å². The van der Waals surface area contributed by atoms with E-state index in [9.17, 15) is 4.79 Å². The molecule has 3 rings (SSSR count). The maximum atomic E-state index is 12.2. The largest absolute Gasteiger partial charge is 0.318 e. The Morgan fingerprint density at radius 3 is 2.46 bits per heavy atom. The van der Waals surface area contributed by atoms with Crippen molar-refractivity contribution in [3.63, 3.8) is 0 Å². The normalized spacial score (nSPS) is 11.2. The van der Waals surface area contributed by atoms with Crippen LogP contribution in [0, 0.1) is 34.6 Å². The first kappa shape index (κ1) is 19.6. The van der Waals surface area contributed by atoms with E-state index in [4.69, 9.17) is 0 Å². The van der Waals surface area contributed by atoms with Gasteiger partial charge in [-0.1, -0.05) is 35.9 Å². The summed E-state index contributed by atoms with van der Waals surface area (Å²) < 4.78 is 2.20. The highest BCUT2D eigenvalue weighted by atomic mass is 16.2. The third-order valence-corrected chi connectivity index (χ3v) is 4.97. The molecule has 1 N–H and O–H groups in total. The highest BCUT2D eigenvalue weighted by molar-refractivity contribution is 5.85. The number of nitrogens with zero attached hydrogens (tertiary/aromatic N) is 2. The second kappa shape index (κ2) is 8.26. The highest BCUT2D eigenvalue weighted by Crippen LogP contribution is 2.20. The lowest BCUT2D eigenvalue weighted by Crippen LogP contribution is -2.20. The molecule has 0 aliphatic heterocycles. The van der Waals surface area contributed by atoms with Crippen molar-refractivity contribution in [2.45, 2.75) is 41.0 Å². The molecule has 0 radical (unpaired) electrons. The van der Waals surface area contributed by atoms with Crippen LogP contribution in [-0.2, 0) is 11.2 Å². The zero-order valence-electron chi connectivity index (χ0n) is 17.2. The minimum Gasteiger partial charge on any atom is -0.318 e. The van der Waals surface area contributed by atoms with Crippen LogP contribution in [0.1, 0.15) is 39.2 Å². The zero-order valence-corrected chi connectivity index (χ0v) is 17.2. The molecule has 0 bridgehead atoms. The minimum absolute atomic E-state index is 0.115. The summed E-state index contributed by atoms with van der Waals surface area (Å²) in [5, 5.41) is 4.17. The Balaban J connectivity index is 1.71. The molecule has 0 saturated heterocycles. The first-order valence-corrected chi connectivity index (χ1v) is 9.49. The van der Waals surface area contributed by atoms with E-state index in [1.807, 2.05) is 26.0 Å². The van der Waals surface area contributed by atoms with Crippen molar-refractivity contribution < 1.29 is 4.79 Å². The number of aromatic nitrogens is 1. The number of hydrazone groups is 1. The molecular formula is C24H27N3O. The minimum atomic E-state index is -0.115. The van der Waals surface area contributed by atoms with Crippen molar-refractivity contribution in [2.75, 3.05) is 0 Å². The second-order valence-electron chi connectivity index (χ2n) is 7.40. The fourth-order valence-electron chi connectivity index (χ4n) is 3.51. The summed E-state index contributed by atoms with van der Waals surface area (Å²) in [6.45, 7) is 10.3. The third-order valence-electron chi connectivity index (χ3n) is 4.97. The number of nitrogens with one attached hydrogen (secondary N) is 1. The average molecular weight is 374 g/mol. The summed E-state index contributed by atoms with van der Waals surface area (Å²) in [5.41, 5.74) is 11.6. The lowest BCUT2D eigenvalue weighted by Gasteiger charge is -2.10. The first-order chi connectivity index (χ1) is 13.3. The molecule has 1 heterocycles. The predicted molar refractivity (Wildman–Crippen MR) is 115 cm³/mol. The van der Waals surface area contributed by atoms with Crippen LogP contribution < -0.4 is 5.43 Å². The Morgan fingerprint density at radius 1 is 1.00 bits per heavy atom. The molecule has 144 valence electrons. The van der Waals surface area contributed by atoms with Crippen molar-refractivity contribution in [1.29, 1.82) is 0 Å². The number of carbonyl (C=O) groups is 1. The van der Waals surface area contributed by atoms with E-state index in [2.05, 4.69) is 72.3 Å². The topological polar surface area (TPSA) is 46.4 Å². The van der Waals surface area contributed by atoms with Crippen LogP contribution in [0.4, 0.5) is 0 Å². The summed E-state index contributed by atoms with van der Waals surface area (Å²) in [6, 6.07) is 16.6. The van der Waals surface area contributed by atoms with E-state index >= 15 is 0 Å². The maximum Gasteiger partial charge on any atom is 0.244 e. The van der Waals surface area contributed by atoms with E-state index in [-0.39, 0.29) is 5.91 Å². The Bertz CT molecular complexity index is 1040. The van der Waals surface area contributed by atoms with Gasteiger partial charge in [0.25, 0.3) is 0 Å². The molecule has 0 aliphatic carbocycles. The third kappa shape index (κ3) is 4.39. The van der Waals surface area contributed by atoms with Gasteiger partial charge in [-0.15, -0.1) is 0 Å². The Hall–Kier alpha value is -3.14. The van der Waals surface area contributed by atoms with Gasteiger partial charge >= 0.3 is 0 Å². The van der Waals surface area contributed by atoms with Crippen LogP contribution in [-0.4, -0.2) is 16.7 Å². The summed E-state index contributed by atoms with van der Waals surface area (Å²) >= 11 is 0. The number of hydrogen-bond acceptors (Lipinski definition) is 2. The van der Waals surface area contributed by atoms with Crippen molar-refractivity contribution in [3.8, 4) is 5.69 Å². The predicted octanol–water partition coefficient (Wildman–Crippen LogP) is 4.71. The summed E-state index contributed by atoms with van der Waals surface area (Å²) in [7, 11) is 0. The van der Waals surface area contributed by atoms with E-state index in [0.717, 1.165) is 33.8 Å². The molecule has 1 amide bonds. The van der Waals surface area contributed by atoms with Crippen molar-refractivity contribution >= 4 is 12.1 Å². The van der Waals surface area contributed by atoms with Gasteiger partial charge in [0.1, 0.15) is 0 Å². The van der Waals surface area contributed by atoms with Crippen LogP contribution in [0.25, 0.3) is 5.69 Å². The van der Waals surface area contributed by atoms with Gasteiger partial charge in [-0.05, 0) is 69.5 Å². The molecule has 3 aromatic rings. The van der Waals surface area contributed by atoms with Gasteiger partial charge in [-0.2, -0.15) is 5.10 Å². The van der Waals surface area contributed by atoms with Gasteiger partial charge in [0.15, 0.2) is 0 Å². The highest BCUT2D eigenvalue weighted by Gasteiger charge is 2.10. The number of amides is 1. The Morgan fingerprint density at radius 2 is 1.75 bits per heavy atom. The summed E-state index contributed by atoms with van der Waals surface area (Å²) in [6.07, 6.45) is 2.04. The van der Waals surface area contributed by atoms with E-state index in [1.54, 1.807) is 6.21 Å². The second-order valence-corrected chi connectivity index (χ2v) is 7.40.